The summed E-state index contributed by atoms with van der Waals surface area (Å²) in [5, 5.41) is 9.84. The zero-order valence-electron chi connectivity index (χ0n) is 12.4. The van der Waals surface area contributed by atoms with E-state index >= 15 is 0 Å². The van der Waals surface area contributed by atoms with Crippen LogP contribution in [0.3, 0.4) is 0 Å². The summed E-state index contributed by atoms with van der Waals surface area (Å²) in [7, 11) is 0. The van der Waals surface area contributed by atoms with Crippen LogP contribution in [0.4, 0.5) is 0 Å². The predicted molar refractivity (Wildman–Crippen MR) is 86.3 cm³/mol. The van der Waals surface area contributed by atoms with E-state index in [2.05, 4.69) is 18.1 Å². The topological polar surface area (TPSA) is 57.0 Å². The van der Waals surface area contributed by atoms with Crippen molar-refractivity contribution in [1.82, 2.24) is 9.88 Å². The molecule has 1 aromatic carbocycles. The Morgan fingerprint density at radius 2 is 2.18 bits per heavy atom. The van der Waals surface area contributed by atoms with Gasteiger partial charge in [-0.2, -0.15) is 5.26 Å². The van der Waals surface area contributed by atoms with Gasteiger partial charge in [0, 0.05) is 31.3 Å². The van der Waals surface area contributed by atoms with E-state index in [1.54, 1.807) is 11.1 Å². The van der Waals surface area contributed by atoms with E-state index in [0.29, 0.717) is 23.8 Å². The third kappa shape index (κ3) is 3.02. The van der Waals surface area contributed by atoms with Crippen molar-refractivity contribution in [2.24, 2.45) is 11.8 Å². The Labute approximate surface area is 134 Å². The van der Waals surface area contributed by atoms with Crippen molar-refractivity contribution in [3.8, 4) is 16.8 Å². The first-order valence-corrected chi connectivity index (χ1v) is 8.18. The zero-order valence-corrected chi connectivity index (χ0v) is 13.2. The van der Waals surface area contributed by atoms with Gasteiger partial charge in [0.25, 0.3) is 0 Å². The zero-order chi connectivity index (χ0) is 15.5. The average molecular weight is 311 g/mol. The molecule has 0 unspecified atom stereocenters. The highest BCUT2D eigenvalue weighted by Crippen LogP contribution is 2.30. The second-order valence-corrected chi connectivity index (χ2v) is 6.80. The van der Waals surface area contributed by atoms with E-state index in [1.165, 1.54) is 11.3 Å². The molecule has 3 rings (SSSR count). The fourth-order valence-electron chi connectivity index (χ4n) is 2.84. The fourth-order valence-corrected chi connectivity index (χ4v) is 3.71. The van der Waals surface area contributed by atoms with Crippen LogP contribution in [-0.4, -0.2) is 28.8 Å². The number of hydrogen-bond acceptors (Lipinski definition) is 5. The maximum absolute atomic E-state index is 12.5. The first-order valence-electron chi connectivity index (χ1n) is 7.36. The predicted octanol–water partition coefficient (Wildman–Crippen LogP) is 3.43. The van der Waals surface area contributed by atoms with Crippen LogP contribution < -0.4 is 0 Å². The minimum atomic E-state index is 0.135. The van der Waals surface area contributed by atoms with Crippen LogP contribution >= 0.6 is 11.3 Å². The molecule has 2 heterocycles. The quantitative estimate of drug-likeness (QED) is 0.641. The molecule has 0 aliphatic carbocycles. The Kier molecular flexibility index (Phi) is 4.21. The minimum Gasteiger partial charge on any atom is -0.310 e. The van der Waals surface area contributed by atoms with Gasteiger partial charge in [0.2, 0.25) is 0 Å². The molecule has 112 valence electrons. The summed E-state index contributed by atoms with van der Waals surface area (Å²) < 4.78 is 0. The largest absolute Gasteiger partial charge is 0.310 e. The van der Waals surface area contributed by atoms with Gasteiger partial charge in [-0.3, -0.25) is 4.79 Å². The third-order valence-electron chi connectivity index (χ3n) is 4.16. The van der Waals surface area contributed by atoms with Gasteiger partial charge in [-0.25, -0.2) is 4.98 Å². The normalized spacial score (nSPS) is 20.8. The van der Waals surface area contributed by atoms with E-state index in [-0.39, 0.29) is 11.7 Å². The monoisotopic (exact) mass is 311 g/mol. The highest BCUT2D eigenvalue weighted by Gasteiger charge is 2.31. The first-order chi connectivity index (χ1) is 10.7. The molecule has 2 atom stereocenters. The highest BCUT2D eigenvalue weighted by atomic mass is 32.1. The Bertz CT molecular complexity index is 704. The summed E-state index contributed by atoms with van der Waals surface area (Å²) in [6.45, 7) is 3.55. The number of carbonyl (C=O) groups is 1. The molecule has 0 radical (unpaired) electrons. The van der Waals surface area contributed by atoms with Crippen LogP contribution in [0.1, 0.15) is 23.0 Å². The van der Waals surface area contributed by atoms with Gasteiger partial charge >= 0.3 is 0 Å². The number of ketones is 1. The van der Waals surface area contributed by atoms with E-state index in [0.717, 1.165) is 17.1 Å². The Balaban J connectivity index is 1.69. The van der Waals surface area contributed by atoms with E-state index in [1.807, 2.05) is 30.3 Å². The average Bonchev–Trinajstić information content (AvgIpc) is 3.16. The van der Waals surface area contributed by atoms with Crippen molar-refractivity contribution in [3.63, 3.8) is 0 Å². The summed E-state index contributed by atoms with van der Waals surface area (Å²) in [5.74, 6) is 0.774. The molecule has 22 heavy (non-hydrogen) atoms. The lowest BCUT2D eigenvalue weighted by Crippen LogP contribution is -2.15. The lowest BCUT2D eigenvalue weighted by Gasteiger charge is -2.11. The van der Waals surface area contributed by atoms with Gasteiger partial charge in [0.05, 0.1) is 4.88 Å². The molecular formula is C17H17N3OS. The molecule has 0 amide bonds. The second kappa shape index (κ2) is 6.29. The number of carbonyl (C=O) groups excluding carboxylic acids is 1. The SMILES string of the molecule is C[C@@H]1CN(C#N)C[C@H]1CC(=O)c1cnc(-c2ccccc2)s1. The van der Waals surface area contributed by atoms with Crippen LogP contribution in [0.2, 0.25) is 0 Å². The molecule has 1 aromatic heterocycles. The second-order valence-electron chi connectivity index (χ2n) is 5.77. The lowest BCUT2D eigenvalue weighted by atomic mass is 9.92. The van der Waals surface area contributed by atoms with Gasteiger partial charge in [0.1, 0.15) is 5.01 Å². The summed E-state index contributed by atoms with van der Waals surface area (Å²) in [5.41, 5.74) is 1.04. The maximum atomic E-state index is 12.5. The van der Waals surface area contributed by atoms with Gasteiger partial charge in [-0.05, 0) is 11.8 Å². The minimum absolute atomic E-state index is 0.135. The number of likely N-dealkylation sites (tertiary alicyclic amines) is 1. The molecule has 4 nitrogen and oxygen atoms in total. The molecule has 2 aromatic rings. The number of Topliss-reactive ketones (excluding diaryl/α,β-unsaturated/α-hetero) is 1. The van der Waals surface area contributed by atoms with E-state index in [4.69, 9.17) is 5.26 Å². The van der Waals surface area contributed by atoms with Crippen LogP contribution in [-0.2, 0) is 0 Å². The fraction of sp³-hybridized carbons (Fsp3) is 0.353. The summed E-state index contributed by atoms with van der Waals surface area (Å²) in [6, 6.07) is 9.89. The van der Waals surface area contributed by atoms with Gasteiger partial charge in [0.15, 0.2) is 12.0 Å². The number of aromatic nitrogens is 1. The van der Waals surface area contributed by atoms with Crippen molar-refractivity contribution < 1.29 is 4.79 Å². The Morgan fingerprint density at radius 1 is 1.41 bits per heavy atom. The summed E-state index contributed by atoms with van der Waals surface area (Å²) in [4.78, 5) is 19.3. The summed E-state index contributed by atoms with van der Waals surface area (Å²) >= 11 is 1.45. The van der Waals surface area contributed by atoms with E-state index in [9.17, 15) is 4.79 Å². The first kappa shape index (κ1) is 14.7. The number of nitriles is 1. The molecule has 0 spiro atoms. The lowest BCUT2D eigenvalue weighted by molar-refractivity contribution is 0.0959. The van der Waals surface area contributed by atoms with Gasteiger partial charge in [-0.1, -0.05) is 37.3 Å². The third-order valence-corrected chi connectivity index (χ3v) is 5.25. The number of thiazole rings is 1. The Morgan fingerprint density at radius 3 is 2.86 bits per heavy atom. The van der Waals surface area contributed by atoms with E-state index < -0.39 is 0 Å². The number of hydrogen-bond donors (Lipinski definition) is 0. The molecule has 0 saturated carbocycles. The van der Waals surface area contributed by atoms with Crippen LogP contribution in [0.25, 0.3) is 10.6 Å². The number of benzene rings is 1. The number of rotatable bonds is 4. The van der Waals surface area contributed by atoms with Gasteiger partial charge in [-0.15, -0.1) is 11.3 Å². The standard InChI is InChI=1S/C17H17N3OS/c1-12-9-20(11-18)10-14(12)7-15(21)16-8-19-17(22-16)13-5-3-2-4-6-13/h2-6,8,12,14H,7,9-10H2,1H3/t12-,14-/m1/s1. The molecule has 0 N–H and O–H groups in total. The van der Waals surface area contributed by atoms with Crippen molar-refractivity contribution in [2.75, 3.05) is 13.1 Å². The van der Waals surface area contributed by atoms with Crippen LogP contribution in [0, 0.1) is 23.3 Å². The van der Waals surface area contributed by atoms with Crippen molar-refractivity contribution >= 4 is 17.1 Å². The molecule has 1 aliphatic heterocycles. The molecular weight excluding hydrogens is 294 g/mol. The smallest absolute Gasteiger partial charge is 0.179 e. The number of nitrogens with zero attached hydrogens (tertiary/aromatic N) is 3. The highest BCUT2D eigenvalue weighted by molar-refractivity contribution is 7.16. The van der Waals surface area contributed by atoms with Crippen molar-refractivity contribution in [2.45, 2.75) is 13.3 Å². The maximum Gasteiger partial charge on any atom is 0.179 e. The molecule has 0 bridgehead atoms. The Hall–Kier alpha value is -2.19. The molecule has 1 aliphatic rings. The van der Waals surface area contributed by atoms with Crippen molar-refractivity contribution in [1.29, 1.82) is 5.26 Å². The summed E-state index contributed by atoms with van der Waals surface area (Å²) in [6.07, 6.45) is 4.35. The molecule has 1 fully saturated rings. The van der Waals surface area contributed by atoms with Crippen LogP contribution in [0.5, 0.6) is 0 Å². The van der Waals surface area contributed by atoms with Crippen LogP contribution in [0.15, 0.2) is 36.5 Å². The van der Waals surface area contributed by atoms with Crippen molar-refractivity contribution in [3.05, 3.63) is 41.4 Å². The molecule has 1 saturated heterocycles. The van der Waals surface area contributed by atoms with Gasteiger partial charge < -0.3 is 4.90 Å². The molecule has 5 heteroatoms.